The van der Waals surface area contributed by atoms with Gasteiger partial charge in [0.05, 0.1) is 10.5 Å². The third kappa shape index (κ3) is 3.27. The first kappa shape index (κ1) is 15.2. The van der Waals surface area contributed by atoms with Gasteiger partial charge in [0.1, 0.15) is 0 Å². The maximum Gasteiger partial charge on any atom is 0.337 e. The summed E-state index contributed by atoms with van der Waals surface area (Å²) in [4.78, 5) is 25.3. The number of anilines is 1. The van der Waals surface area contributed by atoms with E-state index in [9.17, 15) is 14.9 Å². The Morgan fingerprint density at radius 2 is 2.10 bits per heavy atom. The average molecular weight is 294 g/mol. The molecule has 2 N–H and O–H groups in total. The highest BCUT2D eigenvalue weighted by atomic mass is 16.6. The molecular formula is C13H18N4O4. The molecule has 8 nitrogen and oxygen atoms in total. The number of hydrazine groups is 1. The number of hydrogen-bond acceptors (Lipinski definition) is 6. The largest absolute Gasteiger partial charge is 0.478 e. The molecule has 114 valence electrons. The molecule has 1 aromatic heterocycles. The second kappa shape index (κ2) is 6.04. The number of rotatable bonds is 4. The molecule has 0 aromatic carbocycles. The molecule has 1 fully saturated rings. The van der Waals surface area contributed by atoms with Crippen molar-refractivity contribution >= 4 is 17.5 Å². The fourth-order valence-corrected chi connectivity index (χ4v) is 2.56. The molecule has 2 heterocycles. The summed E-state index contributed by atoms with van der Waals surface area (Å²) in [6, 6.07) is 1.49. The second-order valence-corrected chi connectivity index (χ2v) is 5.30. The van der Waals surface area contributed by atoms with Crippen LogP contribution in [-0.2, 0) is 0 Å². The smallest absolute Gasteiger partial charge is 0.337 e. The SMILES string of the molecule is CC1CCCC(C)N1Nc1ncc(C(=O)O)cc1[N+](=O)[O-]. The molecule has 2 rings (SSSR count). The fraction of sp³-hybridized carbons (Fsp3) is 0.538. The van der Waals surface area contributed by atoms with Gasteiger partial charge in [-0.2, -0.15) is 0 Å². The number of carbonyl (C=O) groups is 1. The standard InChI is InChI=1S/C13H18N4O4/c1-8-4-3-5-9(2)16(8)15-12-11(17(20)21)6-10(7-14-12)13(18)19/h6-9H,3-5H2,1-2H3,(H,14,15)(H,18,19). The van der Waals surface area contributed by atoms with Crippen LogP contribution in [0.2, 0.25) is 0 Å². The minimum absolute atomic E-state index is 0.0746. The molecule has 0 spiro atoms. The van der Waals surface area contributed by atoms with Crippen LogP contribution in [0.3, 0.4) is 0 Å². The van der Waals surface area contributed by atoms with Crippen LogP contribution in [0.25, 0.3) is 0 Å². The zero-order chi connectivity index (χ0) is 15.6. The lowest BCUT2D eigenvalue weighted by atomic mass is 10.00. The Morgan fingerprint density at radius 3 is 2.62 bits per heavy atom. The predicted molar refractivity (Wildman–Crippen MR) is 76.1 cm³/mol. The van der Waals surface area contributed by atoms with E-state index in [0.29, 0.717) is 0 Å². The third-order valence-corrected chi connectivity index (χ3v) is 3.74. The lowest BCUT2D eigenvalue weighted by molar-refractivity contribution is -0.384. The molecule has 21 heavy (non-hydrogen) atoms. The molecule has 2 atom stereocenters. The van der Waals surface area contributed by atoms with Gasteiger partial charge in [0.2, 0.25) is 5.82 Å². The molecule has 0 bridgehead atoms. The molecule has 2 unspecified atom stereocenters. The molecule has 1 aromatic rings. The highest BCUT2D eigenvalue weighted by Crippen LogP contribution is 2.27. The number of pyridine rings is 1. The summed E-state index contributed by atoms with van der Waals surface area (Å²) in [7, 11) is 0. The first-order valence-electron chi connectivity index (χ1n) is 6.83. The molecule has 1 aliphatic rings. The van der Waals surface area contributed by atoms with Crippen molar-refractivity contribution in [1.29, 1.82) is 0 Å². The van der Waals surface area contributed by atoms with Gasteiger partial charge in [0.25, 0.3) is 0 Å². The Balaban J connectivity index is 2.30. The number of carboxylic acid groups (broad SMARTS) is 1. The van der Waals surface area contributed by atoms with E-state index in [1.165, 1.54) is 0 Å². The summed E-state index contributed by atoms with van der Waals surface area (Å²) < 4.78 is 0. The normalized spacial score (nSPS) is 22.8. The number of piperidine rings is 1. The second-order valence-electron chi connectivity index (χ2n) is 5.30. The minimum Gasteiger partial charge on any atom is -0.478 e. The van der Waals surface area contributed by atoms with Crippen molar-refractivity contribution in [2.24, 2.45) is 0 Å². The number of aromatic carboxylic acids is 1. The monoisotopic (exact) mass is 294 g/mol. The lowest BCUT2D eigenvalue weighted by Gasteiger charge is -2.38. The Bertz CT molecular complexity index is 553. The van der Waals surface area contributed by atoms with Crippen LogP contribution in [0.1, 0.15) is 43.5 Å². The van der Waals surface area contributed by atoms with E-state index < -0.39 is 10.9 Å². The first-order valence-corrected chi connectivity index (χ1v) is 6.83. The highest BCUT2D eigenvalue weighted by molar-refractivity contribution is 5.88. The predicted octanol–water partition coefficient (Wildman–Crippen LogP) is 2.28. The summed E-state index contributed by atoms with van der Waals surface area (Å²) in [5, 5.41) is 22.0. The van der Waals surface area contributed by atoms with Gasteiger partial charge in [-0.3, -0.25) is 15.5 Å². The lowest BCUT2D eigenvalue weighted by Crippen LogP contribution is -2.47. The highest BCUT2D eigenvalue weighted by Gasteiger charge is 2.28. The van der Waals surface area contributed by atoms with Crippen molar-refractivity contribution in [2.75, 3.05) is 5.43 Å². The van der Waals surface area contributed by atoms with Crippen molar-refractivity contribution in [3.63, 3.8) is 0 Å². The minimum atomic E-state index is -1.24. The summed E-state index contributed by atoms with van der Waals surface area (Å²) in [6.07, 6.45) is 4.24. The summed E-state index contributed by atoms with van der Waals surface area (Å²) in [6.45, 7) is 4.08. The molecule has 0 saturated carbocycles. The number of nitrogens with one attached hydrogen (secondary N) is 1. The van der Waals surface area contributed by atoms with Crippen LogP contribution in [0.15, 0.2) is 12.3 Å². The van der Waals surface area contributed by atoms with Crippen molar-refractivity contribution in [3.05, 3.63) is 27.9 Å². The summed E-state index contributed by atoms with van der Waals surface area (Å²) >= 11 is 0. The maximum atomic E-state index is 11.1. The molecule has 0 aliphatic carbocycles. The quantitative estimate of drug-likeness (QED) is 0.647. The third-order valence-electron chi connectivity index (χ3n) is 3.74. The maximum absolute atomic E-state index is 11.1. The van der Waals surface area contributed by atoms with E-state index >= 15 is 0 Å². The number of nitro groups is 1. The zero-order valence-electron chi connectivity index (χ0n) is 11.9. The molecule has 1 aliphatic heterocycles. The van der Waals surface area contributed by atoms with Gasteiger partial charge in [0.15, 0.2) is 0 Å². The van der Waals surface area contributed by atoms with Crippen molar-refractivity contribution < 1.29 is 14.8 Å². The van der Waals surface area contributed by atoms with Crippen LogP contribution in [0, 0.1) is 10.1 Å². The Hall–Kier alpha value is -2.22. The molecule has 0 amide bonds. The van der Waals surface area contributed by atoms with Gasteiger partial charge in [-0.05, 0) is 26.7 Å². The Morgan fingerprint density at radius 1 is 1.48 bits per heavy atom. The van der Waals surface area contributed by atoms with Crippen molar-refractivity contribution in [3.8, 4) is 0 Å². The average Bonchev–Trinajstić information content (AvgIpc) is 2.42. The Labute approximate surface area is 121 Å². The molecule has 8 heteroatoms. The number of aromatic nitrogens is 1. The van der Waals surface area contributed by atoms with E-state index in [0.717, 1.165) is 31.5 Å². The van der Waals surface area contributed by atoms with E-state index in [1.807, 2.05) is 18.9 Å². The molecular weight excluding hydrogens is 276 g/mol. The van der Waals surface area contributed by atoms with Crippen molar-refractivity contribution in [1.82, 2.24) is 9.99 Å². The van der Waals surface area contributed by atoms with E-state index in [1.54, 1.807) is 0 Å². The number of hydrogen-bond donors (Lipinski definition) is 2. The molecule has 0 radical (unpaired) electrons. The van der Waals surface area contributed by atoms with Gasteiger partial charge in [-0.15, -0.1) is 0 Å². The van der Waals surface area contributed by atoms with Gasteiger partial charge in [-0.1, -0.05) is 6.42 Å². The van der Waals surface area contributed by atoms with Crippen LogP contribution in [-0.4, -0.2) is 38.1 Å². The van der Waals surface area contributed by atoms with Crippen molar-refractivity contribution in [2.45, 2.75) is 45.2 Å². The Kier molecular flexibility index (Phi) is 4.37. The number of carboxylic acids is 1. The van der Waals surface area contributed by atoms with E-state index in [2.05, 4.69) is 10.4 Å². The fourth-order valence-electron chi connectivity index (χ4n) is 2.56. The first-order chi connectivity index (χ1) is 9.90. The van der Waals surface area contributed by atoms with Gasteiger partial charge in [0, 0.05) is 24.3 Å². The number of nitrogens with zero attached hydrogens (tertiary/aromatic N) is 3. The van der Waals surface area contributed by atoms with Crippen LogP contribution < -0.4 is 5.43 Å². The van der Waals surface area contributed by atoms with Crippen LogP contribution >= 0.6 is 0 Å². The zero-order valence-corrected chi connectivity index (χ0v) is 11.9. The van der Waals surface area contributed by atoms with Crippen LogP contribution in [0.5, 0.6) is 0 Å². The van der Waals surface area contributed by atoms with E-state index in [4.69, 9.17) is 5.11 Å². The summed E-state index contributed by atoms with van der Waals surface area (Å²) in [5.41, 5.74) is 2.45. The van der Waals surface area contributed by atoms with Gasteiger partial charge in [-0.25, -0.2) is 14.8 Å². The summed E-state index contributed by atoms with van der Waals surface area (Å²) in [5.74, 6) is -1.16. The van der Waals surface area contributed by atoms with Gasteiger partial charge < -0.3 is 5.11 Å². The molecule has 1 saturated heterocycles. The van der Waals surface area contributed by atoms with E-state index in [-0.39, 0.29) is 29.2 Å². The van der Waals surface area contributed by atoms with Crippen LogP contribution in [0.4, 0.5) is 11.5 Å². The van der Waals surface area contributed by atoms with Gasteiger partial charge >= 0.3 is 11.7 Å². The topological polar surface area (TPSA) is 109 Å².